The molecule has 0 radical (unpaired) electrons. The van der Waals surface area contributed by atoms with E-state index in [9.17, 15) is 4.79 Å². The van der Waals surface area contributed by atoms with E-state index in [1.807, 2.05) is 36.1 Å². The summed E-state index contributed by atoms with van der Waals surface area (Å²) in [6.07, 6.45) is 1.09. The van der Waals surface area contributed by atoms with Gasteiger partial charge in [-0.25, -0.2) is 0 Å². The molecule has 0 bridgehead atoms. The molecule has 0 aromatic heterocycles. The Hall–Kier alpha value is -1.35. The fraction of sp³-hybridized carbons (Fsp3) is 0.462. The molecule has 3 nitrogen and oxygen atoms in total. The minimum atomic E-state index is -0.0552. The van der Waals surface area contributed by atoms with Gasteiger partial charge in [-0.15, -0.1) is 0 Å². The van der Waals surface area contributed by atoms with Crippen molar-refractivity contribution in [2.45, 2.75) is 18.9 Å². The monoisotopic (exact) mass is 216 g/mol. The summed E-state index contributed by atoms with van der Waals surface area (Å²) in [5.74, 6) is 0.666. The second-order valence-corrected chi connectivity index (χ2v) is 5.19. The number of carbonyl (C=O) groups excluding carboxylic acids is 1. The van der Waals surface area contributed by atoms with E-state index in [0.717, 1.165) is 25.1 Å². The Morgan fingerprint density at radius 1 is 1.44 bits per heavy atom. The lowest BCUT2D eigenvalue weighted by atomic mass is 10.1. The van der Waals surface area contributed by atoms with Gasteiger partial charge in [0, 0.05) is 24.2 Å². The topological polar surface area (TPSA) is 46.3 Å². The maximum absolute atomic E-state index is 12.1. The van der Waals surface area contributed by atoms with Gasteiger partial charge in [0.25, 0.3) is 5.91 Å². The number of rotatable bonds is 1. The number of hydrogen-bond donors (Lipinski definition) is 1. The lowest BCUT2D eigenvalue weighted by Gasteiger charge is -2.19. The number of carbonyl (C=O) groups is 1. The molecule has 0 spiro atoms. The van der Waals surface area contributed by atoms with Crippen molar-refractivity contribution in [3.63, 3.8) is 0 Å². The summed E-state index contributed by atoms with van der Waals surface area (Å²) in [6, 6.07) is 7.74. The van der Waals surface area contributed by atoms with E-state index in [0.29, 0.717) is 5.92 Å². The molecule has 1 saturated heterocycles. The predicted molar refractivity (Wildman–Crippen MR) is 62.1 cm³/mol. The summed E-state index contributed by atoms with van der Waals surface area (Å²) in [6.45, 7) is 3.59. The third-order valence-electron chi connectivity index (χ3n) is 3.79. The van der Waals surface area contributed by atoms with Gasteiger partial charge >= 0.3 is 0 Å². The van der Waals surface area contributed by atoms with Crippen LogP contribution in [0, 0.1) is 12.8 Å². The largest absolute Gasteiger partial charge is 0.336 e. The summed E-state index contributed by atoms with van der Waals surface area (Å²) in [7, 11) is 0. The van der Waals surface area contributed by atoms with Crippen molar-refractivity contribution in [3.05, 3.63) is 35.4 Å². The van der Waals surface area contributed by atoms with Crippen LogP contribution in [0.3, 0.4) is 0 Å². The molecule has 16 heavy (non-hydrogen) atoms. The van der Waals surface area contributed by atoms with Crippen molar-refractivity contribution in [1.29, 1.82) is 0 Å². The smallest absolute Gasteiger partial charge is 0.253 e. The Bertz CT molecular complexity index is 440. The molecule has 2 aliphatic rings. The van der Waals surface area contributed by atoms with Gasteiger partial charge in [0.1, 0.15) is 0 Å². The van der Waals surface area contributed by atoms with Crippen LogP contribution in [0.1, 0.15) is 22.3 Å². The second kappa shape index (κ2) is 3.08. The molecule has 3 rings (SSSR count). The number of piperidine rings is 1. The van der Waals surface area contributed by atoms with Crippen LogP contribution in [0.15, 0.2) is 24.3 Å². The predicted octanol–water partition coefficient (Wildman–Crippen LogP) is 1.17. The van der Waals surface area contributed by atoms with Crippen LogP contribution < -0.4 is 5.73 Å². The zero-order valence-electron chi connectivity index (χ0n) is 9.44. The Balaban J connectivity index is 1.76. The molecule has 2 fully saturated rings. The first-order valence-electron chi connectivity index (χ1n) is 5.73. The van der Waals surface area contributed by atoms with E-state index >= 15 is 0 Å². The fourth-order valence-electron chi connectivity index (χ4n) is 2.56. The van der Waals surface area contributed by atoms with E-state index in [1.165, 1.54) is 5.56 Å². The molecule has 1 aromatic rings. The van der Waals surface area contributed by atoms with Crippen LogP contribution in [0.4, 0.5) is 0 Å². The minimum Gasteiger partial charge on any atom is -0.336 e. The molecule has 84 valence electrons. The zero-order valence-corrected chi connectivity index (χ0v) is 9.44. The van der Waals surface area contributed by atoms with Crippen molar-refractivity contribution < 1.29 is 4.79 Å². The number of benzene rings is 1. The highest BCUT2D eigenvalue weighted by Crippen LogP contribution is 2.47. The lowest BCUT2D eigenvalue weighted by molar-refractivity contribution is 0.0772. The van der Waals surface area contributed by atoms with Crippen LogP contribution in [0.2, 0.25) is 0 Å². The number of amides is 1. The molecule has 1 saturated carbocycles. The SMILES string of the molecule is Cc1ccc(C(=O)N2C[C@@H]3C[C@]3(N)C2)cc1. The normalized spacial score (nSPS) is 31.4. The summed E-state index contributed by atoms with van der Waals surface area (Å²) < 4.78 is 0. The van der Waals surface area contributed by atoms with Crippen LogP contribution in [-0.2, 0) is 0 Å². The van der Waals surface area contributed by atoms with E-state index < -0.39 is 0 Å². The molecule has 0 unspecified atom stereocenters. The van der Waals surface area contributed by atoms with E-state index in [2.05, 4.69) is 0 Å². The fourth-order valence-corrected chi connectivity index (χ4v) is 2.56. The van der Waals surface area contributed by atoms with Gasteiger partial charge in [-0.05, 0) is 31.4 Å². The van der Waals surface area contributed by atoms with E-state index in [4.69, 9.17) is 5.73 Å². The number of aryl methyl sites for hydroxylation is 1. The molecular weight excluding hydrogens is 200 g/mol. The van der Waals surface area contributed by atoms with Crippen molar-refractivity contribution >= 4 is 5.91 Å². The van der Waals surface area contributed by atoms with E-state index in [-0.39, 0.29) is 11.4 Å². The highest BCUT2D eigenvalue weighted by Gasteiger charge is 2.58. The Morgan fingerprint density at radius 3 is 2.69 bits per heavy atom. The molecule has 3 heteroatoms. The molecule has 2 N–H and O–H groups in total. The van der Waals surface area contributed by atoms with Crippen LogP contribution >= 0.6 is 0 Å². The van der Waals surface area contributed by atoms with Crippen LogP contribution in [-0.4, -0.2) is 29.4 Å². The molecule has 1 heterocycles. The average Bonchev–Trinajstić information content (AvgIpc) is 2.77. The van der Waals surface area contributed by atoms with Gasteiger partial charge in [-0.3, -0.25) is 4.79 Å². The highest BCUT2D eigenvalue weighted by molar-refractivity contribution is 5.94. The first kappa shape index (κ1) is 9.85. The van der Waals surface area contributed by atoms with Crippen LogP contribution in [0.5, 0.6) is 0 Å². The first-order chi connectivity index (χ1) is 7.58. The summed E-state index contributed by atoms with van der Waals surface area (Å²) in [4.78, 5) is 14.0. The standard InChI is InChI=1S/C13H16N2O/c1-9-2-4-10(5-3-9)12(16)15-7-11-6-13(11,14)8-15/h2-5,11H,6-8,14H2,1H3/t11-,13-/m0/s1. The molecule has 1 aliphatic heterocycles. The van der Waals surface area contributed by atoms with Gasteiger partial charge in [0.05, 0.1) is 0 Å². The number of nitrogens with two attached hydrogens (primary N) is 1. The number of fused-ring (bicyclic) bond motifs is 1. The number of hydrogen-bond acceptors (Lipinski definition) is 2. The maximum atomic E-state index is 12.1. The van der Waals surface area contributed by atoms with Gasteiger partial charge in [0.15, 0.2) is 0 Å². The lowest BCUT2D eigenvalue weighted by Crippen LogP contribution is -2.36. The summed E-state index contributed by atoms with van der Waals surface area (Å²) in [5.41, 5.74) is 7.98. The molecule has 1 aliphatic carbocycles. The Kier molecular flexibility index (Phi) is 1.89. The van der Waals surface area contributed by atoms with Crippen molar-refractivity contribution in [2.75, 3.05) is 13.1 Å². The third kappa shape index (κ3) is 1.43. The molecule has 1 aromatic carbocycles. The van der Waals surface area contributed by atoms with Crippen molar-refractivity contribution in [1.82, 2.24) is 4.90 Å². The number of likely N-dealkylation sites (tertiary alicyclic amines) is 1. The third-order valence-corrected chi connectivity index (χ3v) is 3.79. The Labute approximate surface area is 95.2 Å². The van der Waals surface area contributed by atoms with Crippen molar-refractivity contribution in [2.24, 2.45) is 11.7 Å². The highest BCUT2D eigenvalue weighted by atomic mass is 16.2. The summed E-state index contributed by atoms with van der Waals surface area (Å²) >= 11 is 0. The molecule has 1 amide bonds. The second-order valence-electron chi connectivity index (χ2n) is 5.19. The van der Waals surface area contributed by atoms with Gasteiger partial charge in [0.2, 0.25) is 0 Å². The van der Waals surface area contributed by atoms with Gasteiger partial charge in [-0.1, -0.05) is 17.7 Å². The first-order valence-corrected chi connectivity index (χ1v) is 5.73. The average molecular weight is 216 g/mol. The minimum absolute atomic E-state index is 0.0552. The zero-order chi connectivity index (χ0) is 11.3. The maximum Gasteiger partial charge on any atom is 0.253 e. The molecule has 2 atom stereocenters. The summed E-state index contributed by atoms with van der Waals surface area (Å²) in [5, 5.41) is 0. The molecular formula is C13H16N2O. The quantitative estimate of drug-likeness (QED) is 0.766. The van der Waals surface area contributed by atoms with Gasteiger partial charge in [-0.2, -0.15) is 0 Å². The van der Waals surface area contributed by atoms with E-state index in [1.54, 1.807) is 0 Å². The van der Waals surface area contributed by atoms with Crippen LogP contribution in [0.25, 0.3) is 0 Å². The van der Waals surface area contributed by atoms with Crippen molar-refractivity contribution in [3.8, 4) is 0 Å². The number of nitrogens with zero attached hydrogens (tertiary/aromatic N) is 1. The van der Waals surface area contributed by atoms with Gasteiger partial charge < -0.3 is 10.6 Å². The Morgan fingerprint density at radius 2 is 2.12 bits per heavy atom.